The number of nitrogens with zero attached hydrogens (tertiary/aromatic N) is 2. The first kappa shape index (κ1) is 10.6. The molecule has 1 atom stereocenters. The number of anilines is 2. The van der Waals surface area contributed by atoms with Gasteiger partial charge in [0.05, 0.1) is 6.04 Å². The van der Waals surface area contributed by atoms with E-state index >= 15 is 0 Å². The van der Waals surface area contributed by atoms with Gasteiger partial charge in [-0.3, -0.25) is 9.69 Å². The summed E-state index contributed by atoms with van der Waals surface area (Å²) in [5, 5.41) is 0. The van der Waals surface area contributed by atoms with E-state index in [0.717, 1.165) is 42.9 Å². The summed E-state index contributed by atoms with van der Waals surface area (Å²) >= 11 is 0. The Balaban J connectivity index is 2.08. The molecule has 17 heavy (non-hydrogen) atoms. The number of hydrogen-bond donors (Lipinski definition) is 1. The lowest BCUT2D eigenvalue weighted by molar-refractivity contribution is -0.122. The third-order valence-corrected chi connectivity index (χ3v) is 3.82. The van der Waals surface area contributed by atoms with E-state index in [-0.39, 0.29) is 11.9 Å². The number of carbonyl (C=O) groups is 1. The Kier molecular flexibility index (Phi) is 2.33. The molecule has 1 saturated heterocycles. The normalized spacial score (nSPS) is 24.4. The minimum Gasteiger partial charge on any atom is -0.399 e. The lowest BCUT2D eigenvalue weighted by Crippen LogP contribution is -2.41. The first-order valence-electron chi connectivity index (χ1n) is 6.07. The van der Waals surface area contributed by atoms with Crippen LogP contribution >= 0.6 is 0 Å². The van der Waals surface area contributed by atoms with Gasteiger partial charge in [-0.25, -0.2) is 0 Å². The van der Waals surface area contributed by atoms with Gasteiger partial charge in [0.25, 0.3) is 0 Å². The maximum Gasteiger partial charge on any atom is 0.244 e. The fraction of sp³-hybridized carbons (Fsp3) is 0.462. The highest BCUT2D eigenvalue weighted by molar-refractivity contribution is 5.98. The fourth-order valence-electron chi connectivity index (χ4n) is 2.92. The second-order valence-corrected chi connectivity index (χ2v) is 4.91. The average molecular weight is 231 g/mol. The van der Waals surface area contributed by atoms with Crippen molar-refractivity contribution >= 4 is 17.3 Å². The summed E-state index contributed by atoms with van der Waals surface area (Å²) in [5.74, 6) is 0.214. The molecule has 1 amide bonds. The maximum atomic E-state index is 12.3. The van der Waals surface area contributed by atoms with Crippen LogP contribution in [0.4, 0.5) is 11.4 Å². The molecule has 3 rings (SSSR count). The molecule has 0 saturated carbocycles. The molecular weight excluding hydrogens is 214 g/mol. The van der Waals surface area contributed by atoms with E-state index < -0.39 is 0 Å². The van der Waals surface area contributed by atoms with Gasteiger partial charge >= 0.3 is 0 Å². The molecule has 2 heterocycles. The van der Waals surface area contributed by atoms with E-state index in [1.807, 2.05) is 25.2 Å². The van der Waals surface area contributed by atoms with Crippen LogP contribution in [0.1, 0.15) is 18.4 Å². The smallest absolute Gasteiger partial charge is 0.244 e. The summed E-state index contributed by atoms with van der Waals surface area (Å²) in [5.41, 5.74) is 8.75. The van der Waals surface area contributed by atoms with E-state index in [9.17, 15) is 4.79 Å². The highest BCUT2D eigenvalue weighted by Gasteiger charge is 2.36. The highest BCUT2D eigenvalue weighted by Crippen LogP contribution is 2.32. The van der Waals surface area contributed by atoms with Crippen molar-refractivity contribution in [2.75, 3.05) is 24.2 Å². The van der Waals surface area contributed by atoms with E-state index in [1.165, 1.54) is 0 Å². The number of nitrogen functional groups attached to an aromatic ring is 1. The van der Waals surface area contributed by atoms with Gasteiger partial charge in [-0.1, -0.05) is 0 Å². The van der Waals surface area contributed by atoms with Gasteiger partial charge in [0.2, 0.25) is 5.91 Å². The minimum atomic E-state index is 0.0635. The molecule has 0 radical (unpaired) electrons. The molecule has 2 N–H and O–H groups in total. The molecule has 0 spiro atoms. The van der Waals surface area contributed by atoms with Crippen molar-refractivity contribution in [3.63, 3.8) is 0 Å². The molecule has 0 aliphatic carbocycles. The van der Waals surface area contributed by atoms with E-state index in [4.69, 9.17) is 5.73 Å². The summed E-state index contributed by atoms with van der Waals surface area (Å²) in [7, 11) is 1.86. The number of amides is 1. The van der Waals surface area contributed by atoms with Crippen molar-refractivity contribution in [3.05, 3.63) is 23.8 Å². The summed E-state index contributed by atoms with van der Waals surface area (Å²) in [6, 6.07) is 5.86. The zero-order chi connectivity index (χ0) is 12.0. The van der Waals surface area contributed by atoms with Crippen LogP contribution in [0, 0.1) is 0 Å². The number of rotatable bonds is 0. The van der Waals surface area contributed by atoms with Crippen LogP contribution in [-0.4, -0.2) is 30.4 Å². The Labute approximate surface area is 101 Å². The van der Waals surface area contributed by atoms with Crippen LogP contribution in [0.15, 0.2) is 18.2 Å². The Morgan fingerprint density at radius 2 is 2.24 bits per heavy atom. The van der Waals surface area contributed by atoms with Gasteiger partial charge in [0, 0.05) is 25.0 Å². The molecule has 1 fully saturated rings. The Bertz CT molecular complexity index is 472. The van der Waals surface area contributed by atoms with Gasteiger partial charge in [-0.2, -0.15) is 0 Å². The Morgan fingerprint density at radius 1 is 1.41 bits per heavy atom. The zero-order valence-electron chi connectivity index (χ0n) is 10.0. The molecule has 2 aliphatic heterocycles. The van der Waals surface area contributed by atoms with E-state index in [0.29, 0.717) is 0 Å². The first-order chi connectivity index (χ1) is 8.16. The standard InChI is InChI=1S/C13H17N3O/c1-15-11-5-4-10(14)7-9(11)8-16-6-2-3-12(16)13(15)17/h4-5,7,12H,2-3,6,8,14H2,1H3. The second kappa shape index (κ2) is 3.74. The van der Waals surface area contributed by atoms with Gasteiger partial charge in [-0.15, -0.1) is 0 Å². The Morgan fingerprint density at radius 3 is 3.06 bits per heavy atom. The number of fused-ring (bicyclic) bond motifs is 2. The van der Waals surface area contributed by atoms with Crippen LogP contribution in [0.5, 0.6) is 0 Å². The highest BCUT2D eigenvalue weighted by atomic mass is 16.2. The van der Waals surface area contributed by atoms with Crippen LogP contribution in [0.3, 0.4) is 0 Å². The largest absolute Gasteiger partial charge is 0.399 e. The number of benzene rings is 1. The van der Waals surface area contributed by atoms with Crippen molar-refractivity contribution in [1.82, 2.24) is 4.90 Å². The molecule has 90 valence electrons. The monoisotopic (exact) mass is 231 g/mol. The van der Waals surface area contributed by atoms with Crippen LogP contribution in [-0.2, 0) is 11.3 Å². The molecule has 2 aliphatic rings. The molecule has 4 nitrogen and oxygen atoms in total. The van der Waals surface area contributed by atoms with Crippen LogP contribution in [0.2, 0.25) is 0 Å². The Hall–Kier alpha value is -1.55. The van der Waals surface area contributed by atoms with Gasteiger partial charge in [0.1, 0.15) is 0 Å². The van der Waals surface area contributed by atoms with Crippen molar-refractivity contribution in [3.8, 4) is 0 Å². The van der Waals surface area contributed by atoms with E-state index in [2.05, 4.69) is 4.90 Å². The molecule has 1 aromatic carbocycles. The van der Waals surface area contributed by atoms with Crippen molar-refractivity contribution < 1.29 is 4.79 Å². The molecular formula is C13H17N3O. The molecule has 0 aromatic heterocycles. The first-order valence-corrected chi connectivity index (χ1v) is 6.07. The van der Waals surface area contributed by atoms with Crippen LogP contribution < -0.4 is 10.6 Å². The second-order valence-electron chi connectivity index (χ2n) is 4.91. The van der Waals surface area contributed by atoms with E-state index in [1.54, 1.807) is 4.90 Å². The SMILES string of the molecule is CN1C(=O)C2CCCN2Cc2cc(N)ccc21. The minimum absolute atomic E-state index is 0.0635. The summed E-state index contributed by atoms with van der Waals surface area (Å²) in [6.07, 6.45) is 2.09. The molecule has 1 aromatic rings. The third kappa shape index (κ3) is 1.60. The van der Waals surface area contributed by atoms with Gasteiger partial charge < -0.3 is 10.6 Å². The lowest BCUT2D eigenvalue weighted by Gasteiger charge is -2.22. The summed E-state index contributed by atoms with van der Waals surface area (Å²) in [6.45, 7) is 1.85. The number of hydrogen-bond acceptors (Lipinski definition) is 3. The maximum absolute atomic E-state index is 12.3. The van der Waals surface area contributed by atoms with Crippen LogP contribution in [0.25, 0.3) is 0 Å². The predicted molar refractivity (Wildman–Crippen MR) is 67.7 cm³/mol. The predicted octanol–water partition coefficient (Wildman–Crippen LogP) is 1.21. The number of nitrogens with two attached hydrogens (primary N) is 1. The number of likely N-dealkylation sites (N-methyl/N-ethyl adjacent to an activating group) is 1. The topological polar surface area (TPSA) is 49.6 Å². The summed E-state index contributed by atoms with van der Waals surface area (Å²) in [4.78, 5) is 16.4. The fourth-order valence-corrected chi connectivity index (χ4v) is 2.92. The molecule has 0 bridgehead atoms. The quantitative estimate of drug-likeness (QED) is 0.683. The van der Waals surface area contributed by atoms with Crippen molar-refractivity contribution in [1.29, 1.82) is 0 Å². The lowest BCUT2D eigenvalue weighted by atomic mass is 10.1. The zero-order valence-corrected chi connectivity index (χ0v) is 10.0. The van der Waals surface area contributed by atoms with Crippen molar-refractivity contribution in [2.45, 2.75) is 25.4 Å². The summed E-state index contributed by atoms with van der Waals surface area (Å²) < 4.78 is 0. The number of carbonyl (C=O) groups excluding carboxylic acids is 1. The third-order valence-electron chi connectivity index (χ3n) is 3.82. The molecule has 4 heteroatoms. The van der Waals surface area contributed by atoms with Gasteiger partial charge in [0.15, 0.2) is 0 Å². The van der Waals surface area contributed by atoms with Gasteiger partial charge in [-0.05, 0) is 43.1 Å². The molecule has 1 unspecified atom stereocenters. The van der Waals surface area contributed by atoms with Crippen molar-refractivity contribution in [2.24, 2.45) is 0 Å². The average Bonchev–Trinajstić information content (AvgIpc) is 2.72.